The fourth-order valence-corrected chi connectivity index (χ4v) is 5.00. The molecule has 4 heterocycles. The van der Waals surface area contributed by atoms with Crippen molar-refractivity contribution in [2.45, 2.75) is 64.2 Å². The maximum Gasteiger partial charge on any atom is 0.407 e. The Bertz CT molecular complexity index is 1070. The maximum absolute atomic E-state index is 12.7. The molecule has 9 nitrogen and oxygen atoms in total. The van der Waals surface area contributed by atoms with Gasteiger partial charge in [-0.3, -0.25) is 18.7 Å². The molecule has 2 aromatic heterocycles. The van der Waals surface area contributed by atoms with Gasteiger partial charge in [0.15, 0.2) is 0 Å². The molecule has 1 fully saturated rings. The zero-order valence-corrected chi connectivity index (χ0v) is 17.7. The minimum Gasteiger partial charge on any atom is -0.465 e. The topological polar surface area (TPSA) is 101 Å². The highest BCUT2D eigenvalue weighted by atomic mass is 16.4. The highest BCUT2D eigenvalue weighted by Crippen LogP contribution is 2.27. The van der Waals surface area contributed by atoms with Crippen LogP contribution >= 0.6 is 0 Å². The minimum atomic E-state index is -0.874. The van der Waals surface area contributed by atoms with E-state index in [0.29, 0.717) is 30.7 Å². The highest BCUT2D eigenvalue weighted by Gasteiger charge is 2.36. The molecule has 1 atom stereocenters. The van der Waals surface area contributed by atoms with Crippen LogP contribution in [0.1, 0.15) is 46.1 Å². The van der Waals surface area contributed by atoms with Crippen molar-refractivity contribution >= 4 is 17.3 Å². The molecule has 0 bridgehead atoms. The summed E-state index contributed by atoms with van der Waals surface area (Å²) in [6.45, 7) is 8.62. The lowest BCUT2D eigenvalue weighted by Gasteiger charge is -2.44. The number of piperidine rings is 1. The van der Waals surface area contributed by atoms with E-state index in [4.69, 9.17) is 0 Å². The molecule has 2 aliphatic rings. The van der Waals surface area contributed by atoms with Gasteiger partial charge in [0.2, 0.25) is 0 Å². The number of aryl methyl sites for hydroxylation is 1. The predicted octanol–water partition coefficient (Wildman–Crippen LogP) is 1.75. The van der Waals surface area contributed by atoms with E-state index in [1.165, 1.54) is 12.3 Å². The Morgan fingerprint density at radius 3 is 2.47 bits per heavy atom. The maximum atomic E-state index is 12.7. The molecule has 0 aromatic carbocycles. The molecule has 162 valence electrons. The second-order valence-corrected chi connectivity index (χ2v) is 9.30. The molecule has 1 amide bonds. The van der Waals surface area contributed by atoms with Gasteiger partial charge in [0.05, 0.1) is 12.2 Å². The van der Waals surface area contributed by atoms with E-state index in [9.17, 15) is 19.5 Å². The smallest absolute Gasteiger partial charge is 0.407 e. The van der Waals surface area contributed by atoms with Gasteiger partial charge >= 0.3 is 6.09 Å². The first-order chi connectivity index (χ1) is 14.2. The van der Waals surface area contributed by atoms with Gasteiger partial charge in [0, 0.05) is 43.8 Å². The van der Waals surface area contributed by atoms with Crippen molar-refractivity contribution in [3.8, 4) is 0 Å². The summed E-state index contributed by atoms with van der Waals surface area (Å²) in [5.74, 6) is 0. The van der Waals surface area contributed by atoms with Crippen LogP contribution in [0.15, 0.2) is 27.9 Å². The molecule has 1 saturated heterocycles. The van der Waals surface area contributed by atoms with Crippen LogP contribution in [0.25, 0.3) is 11.2 Å². The molecule has 0 radical (unpaired) electrons. The Hall–Kier alpha value is -2.68. The largest absolute Gasteiger partial charge is 0.465 e. The van der Waals surface area contributed by atoms with Crippen LogP contribution in [-0.2, 0) is 6.54 Å². The van der Waals surface area contributed by atoms with Crippen molar-refractivity contribution in [1.29, 1.82) is 0 Å². The lowest BCUT2D eigenvalue weighted by Crippen LogP contribution is -2.55. The van der Waals surface area contributed by atoms with E-state index in [1.54, 1.807) is 20.1 Å². The van der Waals surface area contributed by atoms with Gasteiger partial charge in [-0.15, -0.1) is 0 Å². The van der Waals surface area contributed by atoms with Crippen LogP contribution in [0, 0.1) is 0 Å². The summed E-state index contributed by atoms with van der Waals surface area (Å²) in [6, 6.07) is 3.16. The Morgan fingerprint density at radius 2 is 1.83 bits per heavy atom. The molecular weight excluding hydrogens is 386 g/mol. The molecule has 2 aromatic rings. The van der Waals surface area contributed by atoms with Crippen LogP contribution in [0.5, 0.6) is 0 Å². The summed E-state index contributed by atoms with van der Waals surface area (Å²) >= 11 is 0. The molecule has 9 heteroatoms. The number of likely N-dealkylation sites (tertiary alicyclic amines) is 1. The summed E-state index contributed by atoms with van der Waals surface area (Å²) in [4.78, 5) is 44.7. The average molecular weight is 415 g/mol. The van der Waals surface area contributed by atoms with E-state index < -0.39 is 11.6 Å². The van der Waals surface area contributed by atoms with E-state index in [1.807, 2.05) is 20.8 Å². The molecular formula is C21H29N5O4. The Labute approximate surface area is 174 Å². The van der Waals surface area contributed by atoms with E-state index in [-0.39, 0.29) is 23.2 Å². The molecule has 2 aliphatic heterocycles. The number of hydrogen-bond donors (Lipinski definition) is 1. The molecule has 1 unspecified atom stereocenters. The number of aromatic nitrogens is 3. The Balaban J connectivity index is 1.53. The predicted molar refractivity (Wildman–Crippen MR) is 113 cm³/mol. The van der Waals surface area contributed by atoms with Gasteiger partial charge in [0.25, 0.3) is 11.1 Å². The van der Waals surface area contributed by atoms with E-state index in [0.717, 1.165) is 25.9 Å². The number of nitrogens with zero attached hydrogens (tertiary/aromatic N) is 5. The monoisotopic (exact) mass is 415 g/mol. The van der Waals surface area contributed by atoms with Crippen molar-refractivity contribution in [3.05, 3.63) is 39.0 Å². The lowest BCUT2D eigenvalue weighted by molar-refractivity contribution is 0.0392. The standard InChI is InChI=1S/C21H29N5O4/c1-21(2,3)26(20(29)30)14-6-9-23(10-7-14)13-15-8-11-24-18(28)12-22-16-4-5-17(27)25(15)19(16)24/h4-5,12,14-15H,6-11,13H2,1-3H3,(H,29,30). The first-order valence-electron chi connectivity index (χ1n) is 10.5. The zero-order valence-electron chi connectivity index (χ0n) is 17.7. The highest BCUT2D eigenvalue weighted by molar-refractivity contribution is 5.70. The lowest BCUT2D eigenvalue weighted by atomic mass is 9.96. The third kappa shape index (κ3) is 3.62. The number of rotatable bonds is 3. The van der Waals surface area contributed by atoms with Crippen molar-refractivity contribution in [2.24, 2.45) is 0 Å². The summed E-state index contributed by atoms with van der Waals surface area (Å²) in [7, 11) is 0. The Morgan fingerprint density at radius 1 is 1.13 bits per heavy atom. The van der Waals surface area contributed by atoms with Crippen molar-refractivity contribution < 1.29 is 9.90 Å². The van der Waals surface area contributed by atoms with Crippen LogP contribution in [0.4, 0.5) is 4.79 Å². The molecule has 30 heavy (non-hydrogen) atoms. The van der Waals surface area contributed by atoms with E-state index in [2.05, 4.69) is 9.88 Å². The molecule has 0 spiro atoms. The number of hydrogen-bond acceptors (Lipinski definition) is 5. The number of pyridine rings is 1. The first-order valence-corrected chi connectivity index (χ1v) is 10.5. The molecule has 4 rings (SSSR count). The van der Waals surface area contributed by atoms with Crippen LogP contribution in [0.2, 0.25) is 0 Å². The van der Waals surface area contributed by atoms with Crippen LogP contribution < -0.4 is 11.1 Å². The second kappa shape index (κ2) is 7.54. The fraction of sp³-hybridized carbons (Fsp3) is 0.619. The zero-order chi connectivity index (χ0) is 21.6. The van der Waals surface area contributed by atoms with Gasteiger partial charge < -0.3 is 14.9 Å². The van der Waals surface area contributed by atoms with E-state index >= 15 is 0 Å². The normalized spacial score (nSPS) is 20.4. The molecule has 0 saturated carbocycles. The molecule has 1 N–H and O–H groups in total. The van der Waals surface area contributed by atoms with Crippen LogP contribution in [-0.4, -0.2) is 66.3 Å². The number of amides is 1. The van der Waals surface area contributed by atoms with Gasteiger partial charge in [-0.05, 0) is 46.1 Å². The fourth-order valence-electron chi connectivity index (χ4n) is 5.00. The van der Waals surface area contributed by atoms with Gasteiger partial charge in [-0.25, -0.2) is 9.78 Å². The summed E-state index contributed by atoms with van der Waals surface area (Å²) in [5.41, 5.74) is 0.519. The third-order valence-electron chi connectivity index (χ3n) is 6.29. The Kier molecular flexibility index (Phi) is 5.17. The number of carboxylic acid groups (broad SMARTS) is 1. The van der Waals surface area contributed by atoms with Crippen molar-refractivity contribution in [2.75, 3.05) is 19.6 Å². The van der Waals surface area contributed by atoms with Crippen molar-refractivity contribution in [1.82, 2.24) is 23.9 Å². The van der Waals surface area contributed by atoms with Gasteiger partial charge in [-0.1, -0.05) is 0 Å². The summed E-state index contributed by atoms with van der Waals surface area (Å²) in [6.07, 6.45) is 2.69. The average Bonchev–Trinajstić information content (AvgIpc) is 2.67. The minimum absolute atomic E-state index is 0.000219. The molecule has 0 aliphatic carbocycles. The van der Waals surface area contributed by atoms with Crippen LogP contribution in [0.3, 0.4) is 0 Å². The second-order valence-electron chi connectivity index (χ2n) is 9.30. The number of carbonyl (C=O) groups is 1. The van der Waals surface area contributed by atoms with Crippen molar-refractivity contribution in [3.63, 3.8) is 0 Å². The SMILES string of the molecule is CC(C)(C)N(C(=O)O)C1CCN(CC2CCn3c(=O)cnc4ccc(=O)n2c43)CC1. The third-order valence-corrected chi connectivity index (χ3v) is 6.29. The quantitative estimate of drug-likeness (QED) is 0.820. The first kappa shape index (κ1) is 20.6. The summed E-state index contributed by atoms with van der Waals surface area (Å²) in [5, 5.41) is 9.66. The van der Waals surface area contributed by atoms with Gasteiger partial charge in [0.1, 0.15) is 11.2 Å². The summed E-state index contributed by atoms with van der Waals surface area (Å²) < 4.78 is 3.36. The van der Waals surface area contributed by atoms with Gasteiger partial charge in [-0.2, -0.15) is 0 Å².